The molecular formula is C12H20N4O. The van der Waals surface area contributed by atoms with E-state index in [2.05, 4.69) is 15.3 Å². The average Bonchev–Trinajstić information content (AvgIpc) is 2.33. The van der Waals surface area contributed by atoms with E-state index in [1.54, 1.807) is 6.20 Å². The van der Waals surface area contributed by atoms with E-state index in [4.69, 9.17) is 10.5 Å². The highest BCUT2D eigenvalue weighted by molar-refractivity contribution is 5.43. The van der Waals surface area contributed by atoms with Gasteiger partial charge in [-0.2, -0.15) is 0 Å². The SMILES string of the molecule is Cc1ncc(OCCC2CCNCC2)c(N)n1. The molecule has 1 aromatic rings. The van der Waals surface area contributed by atoms with Crippen LogP contribution in [0.25, 0.3) is 0 Å². The van der Waals surface area contributed by atoms with Crippen LogP contribution in [0.4, 0.5) is 5.82 Å². The highest BCUT2D eigenvalue weighted by Crippen LogP contribution is 2.20. The summed E-state index contributed by atoms with van der Waals surface area (Å²) in [7, 11) is 0. The lowest BCUT2D eigenvalue weighted by atomic mass is 9.95. The summed E-state index contributed by atoms with van der Waals surface area (Å²) in [5.74, 6) is 2.48. The van der Waals surface area contributed by atoms with Gasteiger partial charge in [0.05, 0.1) is 12.8 Å². The molecule has 2 rings (SSSR count). The van der Waals surface area contributed by atoms with Gasteiger partial charge in [-0.1, -0.05) is 0 Å². The molecule has 0 aromatic carbocycles. The molecule has 0 saturated carbocycles. The Morgan fingerprint density at radius 2 is 2.24 bits per heavy atom. The third kappa shape index (κ3) is 3.56. The van der Waals surface area contributed by atoms with Crippen LogP contribution in [0.15, 0.2) is 6.20 Å². The van der Waals surface area contributed by atoms with Crippen molar-refractivity contribution in [2.45, 2.75) is 26.2 Å². The summed E-state index contributed by atoms with van der Waals surface area (Å²) in [5.41, 5.74) is 5.75. The molecule has 0 atom stereocenters. The maximum absolute atomic E-state index is 5.75. The maximum atomic E-state index is 5.75. The first kappa shape index (κ1) is 12.1. The molecular weight excluding hydrogens is 216 g/mol. The minimum Gasteiger partial charge on any atom is -0.488 e. The van der Waals surface area contributed by atoms with E-state index in [-0.39, 0.29) is 0 Å². The number of nitrogens with one attached hydrogen (secondary N) is 1. The lowest BCUT2D eigenvalue weighted by Crippen LogP contribution is -2.28. The Kier molecular flexibility index (Phi) is 4.14. The van der Waals surface area contributed by atoms with Gasteiger partial charge in [0.1, 0.15) is 5.82 Å². The Balaban J connectivity index is 1.77. The van der Waals surface area contributed by atoms with Crippen LogP contribution in [0.2, 0.25) is 0 Å². The van der Waals surface area contributed by atoms with Crippen molar-refractivity contribution in [2.75, 3.05) is 25.4 Å². The zero-order valence-corrected chi connectivity index (χ0v) is 10.3. The van der Waals surface area contributed by atoms with E-state index < -0.39 is 0 Å². The maximum Gasteiger partial charge on any atom is 0.179 e. The predicted octanol–water partition coefficient (Wildman–Crippen LogP) is 1.14. The lowest BCUT2D eigenvalue weighted by Gasteiger charge is -2.22. The van der Waals surface area contributed by atoms with Crippen molar-refractivity contribution in [3.8, 4) is 5.75 Å². The van der Waals surface area contributed by atoms with Gasteiger partial charge in [-0.05, 0) is 45.2 Å². The van der Waals surface area contributed by atoms with Crippen molar-refractivity contribution in [3.63, 3.8) is 0 Å². The summed E-state index contributed by atoms with van der Waals surface area (Å²) in [6, 6.07) is 0. The molecule has 5 heteroatoms. The van der Waals surface area contributed by atoms with Gasteiger partial charge in [-0.3, -0.25) is 0 Å². The Bertz CT molecular complexity index is 364. The average molecular weight is 236 g/mol. The molecule has 0 bridgehead atoms. The summed E-state index contributed by atoms with van der Waals surface area (Å²) in [6.07, 6.45) is 5.21. The quantitative estimate of drug-likeness (QED) is 0.820. The normalized spacial score (nSPS) is 17.0. The smallest absolute Gasteiger partial charge is 0.179 e. The third-order valence-corrected chi connectivity index (χ3v) is 3.15. The van der Waals surface area contributed by atoms with Crippen molar-refractivity contribution >= 4 is 5.82 Å². The topological polar surface area (TPSA) is 73.1 Å². The zero-order chi connectivity index (χ0) is 12.1. The number of hydrogen-bond donors (Lipinski definition) is 2. The first-order valence-electron chi connectivity index (χ1n) is 6.18. The second kappa shape index (κ2) is 5.82. The Morgan fingerprint density at radius 3 is 2.94 bits per heavy atom. The van der Waals surface area contributed by atoms with Gasteiger partial charge in [-0.25, -0.2) is 9.97 Å². The van der Waals surface area contributed by atoms with Gasteiger partial charge in [0.2, 0.25) is 0 Å². The monoisotopic (exact) mass is 236 g/mol. The van der Waals surface area contributed by atoms with E-state index in [0.717, 1.165) is 25.4 Å². The van der Waals surface area contributed by atoms with E-state index in [9.17, 15) is 0 Å². The number of nitrogens with two attached hydrogens (primary N) is 1. The van der Waals surface area contributed by atoms with Gasteiger partial charge in [-0.15, -0.1) is 0 Å². The predicted molar refractivity (Wildman–Crippen MR) is 66.9 cm³/mol. The van der Waals surface area contributed by atoms with Crippen LogP contribution in [0.1, 0.15) is 25.1 Å². The Morgan fingerprint density at radius 1 is 1.47 bits per heavy atom. The van der Waals surface area contributed by atoms with Crippen molar-refractivity contribution in [3.05, 3.63) is 12.0 Å². The number of nitrogen functional groups attached to an aromatic ring is 1. The first-order valence-corrected chi connectivity index (χ1v) is 6.18. The van der Waals surface area contributed by atoms with Crippen molar-refractivity contribution in [1.82, 2.24) is 15.3 Å². The second-order valence-electron chi connectivity index (χ2n) is 4.50. The molecule has 2 heterocycles. The van der Waals surface area contributed by atoms with Crippen LogP contribution in [-0.4, -0.2) is 29.7 Å². The fraction of sp³-hybridized carbons (Fsp3) is 0.667. The van der Waals surface area contributed by atoms with Crippen LogP contribution >= 0.6 is 0 Å². The summed E-state index contributed by atoms with van der Waals surface area (Å²) in [4.78, 5) is 8.15. The van der Waals surface area contributed by atoms with Gasteiger partial charge >= 0.3 is 0 Å². The number of piperidine rings is 1. The van der Waals surface area contributed by atoms with E-state index >= 15 is 0 Å². The number of ether oxygens (including phenoxy) is 1. The van der Waals surface area contributed by atoms with Crippen LogP contribution in [0.3, 0.4) is 0 Å². The van der Waals surface area contributed by atoms with Gasteiger partial charge in [0.15, 0.2) is 11.6 Å². The number of hydrogen-bond acceptors (Lipinski definition) is 5. The molecule has 3 N–H and O–H groups in total. The Labute approximate surface area is 102 Å². The summed E-state index contributed by atoms with van der Waals surface area (Å²) >= 11 is 0. The van der Waals surface area contributed by atoms with E-state index in [1.165, 1.54) is 12.8 Å². The number of aromatic nitrogens is 2. The molecule has 0 unspecified atom stereocenters. The highest BCUT2D eigenvalue weighted by atomic mass is 16.5. The number of aryl methyl sites for hydroxylation is 1. The molecule has 94 valence electrons. The van der Waals surface area contributed by atoms with Crippen molar-refractivity contribution in [1.29, 1.82) is 0 Å². The second-order valence-corrected chi connectivity index (χ2v) is 4.50. The molecule has 1 aliphatic heterocycles. The Hall–Kier alpha value is -1.36. The van der Waals surface area contributed by atoms with Crippen molar-refractivity contribution < 1.29 is 4.74 Å². The van der Waals surface area contributed by atoms with Gasteiger partial charge in [0.25, 0.3) is 0 Å². The molecule has 0 spiro atoms. The number of anilines is 1. The molecule has 1 fully saturated rings. The molecule has 1 aromatic heterocycles. The van der Waals surface area contributed by atoms with Gasteiger partial charge in [0, 0.05) is 0 Å². The third-order valence-electron chi connectivity index (χ3n) is 3.15. The molecule has 5 nitrogen and oxygen atoms in total. The lowest BCUT2D eigenvalue weighted by molar-refractivity contribution is 0.251. The minimum atomic E-state index is 0.433. The number of nitrogens with zero attached hydrogens (tertiary/aromatic N) is 2. The fourth-order valence-electron chi connectivity index (χ4n) is 2.09. The number of rotatable bonds is 4. The van der Waals surface area contributed by atoms with Gasteiger partial charge < -0.3 is 15.8 Å². The van der Waals surface area contributed by atoms with Crippen molar-refractivity contribution in [2.24, 2.45) is 5.92 Å². The largest absolute Gasteiger partial charge is 0.488 e. The molecule has 0 amide bonds. The van der Waals surface area contributed by atoms with Crippen LogP contribution in [0, 0.1) is 12.8 Å². The van der Waals surface area contributed by atoms with Crippen LogP contribution in [0.5, 0.6) is 5.75 Å². The standard InChI is InChI=1S/C12H20N4O/c1-9-15-8-11(12(13)16-9)17-7-4-10-2-5-14-6-3-10/h8,10,14H,2-7H2,1H3,(H2,13,15,16). The molecule has 0 radical (unpaired) electrons. The zero-order valence-electron chi connectivity index (χ0n) is 10.3. The van der Waals surface area contributed by atoms with Crippen LogP contribution in [-0.2, 0) is 0 Å². The summed E-state index contributed by atoms with van der Waals surface area (Å²) < 4.78 is 5.62. The van der Waals surface area contributed by atoms with E-state index in [1.807, 2.05) is 6.92 Å². The molecule has 1 saturated heterocycles. The summed E-state index contributed by atoms with van der Waals surface area (Å²) in [6.45, 7) is 4.76. The van der Waals surface area contributed by atoms with Crippen LogP contribution < -0.4 is 15.8 Å². The molecule has 0 aliphatic carbocycles. The summed E-state index contributed by atoms with van der Waals surface area (Å²) in [5, 5.41) is 3.36. The van der Waals surface area contributed by atoms with E-state index in [0.29, 0.717) is 24.0 Å². The molecule has 17 heavy (non-hydrogen) atoms. The fourth-order valence-corrected chi connectivity index (χ4v) is 2.09. The minimum absolute atomic E-state index is 0.433. The first-order chi connectivity index (χ1) is 8.25. The molecule has 1 aliphatic rings. The highest BCUT2D eigenvalue weighted by Gasteiger charge is 2.13.